The highest BCUT2D eigenvalue weighted by Crippen LogP contribution is 2.42. The second-order valence-electron chi connectivity index (χ2n) is 7.45. The normalized spacial score (nSPS) is 15.4. The smallest absolute Gasteiger partial charge is 0.246 e. The number of nitrogens with zero attached hydrogens (tertiary/aromatic N) is 1. The quantitative estimate of drug-likeness (QED) is 0.536. The molecule has 0 saturated heterocycles. The van der Waals surface area contributed by atoms with E-state index in [1.807, 2.05) is 49.4 Å². The van der Waals surface area contributed by atoms with E-state index in [9.17, 15) is 12.8 Å². The fraction of sp³-hybridized carbons (Fsp3) is 0.304. The minimum absolute atomic E-state index is 0.147. The van der Waals surface area contributed by atoms with E-state index in [4.69, 9.17) is 9.47 Å². The second kappa shape index (κ2) is 7.89. The van der Waals surface area contributed by atoms with E-state index < -0.39 is 26.8 Å². The fourth-order valence-corrected chi connectivity index (χ4v) is 5.87. The number of ether oxygens (including phenoxy) is 2. The molecular formula is C23H24FNO4S. The monoisotopic (exact) mass is 429 g/mol. The van der Waals surface area contributed by atoms with Gasteiger partial charge < -0.3 is 9.47 Å². The van der Waals surface area contributed by atoms with E-state index in [-0.39, 0.29) is 17.5 Å². The van der Waals surface area contributed by atoms with Gasteiger partial charge in [0.2, 0.25) is 10.0 Å². The molecule has 1 aliphatic rings. The third-order valence-electron chi connectivity index (χ3n) is 5.56. The topological polar surface area (TPSA) is 55.8 Å². The SMILES string of the molecule is COc1cc(F)c(S(=O)(=O)N(C2CC2)[C@H](C)c2cccc3ccccc23)cc1OC. The minimum Gasteiger partial charge on any atom is -0.493 e. The molecule has 1 atom stereocenters. The zero-order valence-electron chi connectivity index (χ0n) is 17.1. The zero-order chi connectivity index (χ0) is 21.5. The molecule has 7 heteroatoms. The van der Waals surface area contributed by atoms with E-state index in [2.05, 4.69) is 0 Å². The van der Waals surface area contributed by atoms with Crippen molar-refractivity contribution in [1.29, 1.82) is 0 Å². The summed E-state index contributed by atoms with van der Waals surface area (Å²) < 4.78 is 53.9. The predicted octanol–water partition coefficient (Wildman–Crippen LogP) is 4.91. The van der Waals surface area contributed by atoms with Crippen molar-refractivity contribution in [3.8, 4) is 11.5 Å². The lowest BCUT2D eigenvalue weighted by molar-refractivity contribution is 0.331. The molecule has 0 heterocycles. The van der Waals surface area contributed by atoms with Gasteiger partial charge in [-0.05, 0) is 36.1 Å². The van der Waals surface area contributed by atoms with Crippen molar-refractivity contribution in [3.63, 3.8) is 0 Å². The molecule has 1 fully saturated rings. The van der Waals surface area contributed by atoms with Crippen LogP contribution in [0.5, 0.6) is 11.5 Å². The number of benzene rings is 3. The molecule has 0 bridgehead atoms. The van der Waals surface area contributed by atoms with E-state index in [0.717, 1.165) is 35.2 Å². The van der Waals surface area contributed by atoms with Crippen LogP contribution in [0.1, 0.15) is 31.4 Å². The van der Waals surface area contributed by atoms with E-state index in [1.54, 1.807) is 0 Å². The molecule has 4 rings (SSSR count). The van der Waals surface area contributed by atoms with Crippen LogP contribution in [-0.4, -0.2) is 33.0 Å². The van der Waals surface area contributed by atoms with Gasteiger partial charge in [0.05, 0.1) is 14.2 Å². The van der Waals surface area contributed by atoms with Gasteiger partial charge >= 0.3 is 0 Å². The van der Waals surface area contributed by atoms with Gasteiger partial charge in [0.25, 0.3) is 0 Å². The van der Waals surface area contributed by atoms with Gasteiger partial charge in [0.15, 0.2) is 11.5 Å². The van der Waals surface area contributed by atoms with Gasteiger partial charge in [0.1, 0.15) is 10.7 Å². The Hall–Kier alpha value is -2.64. The summed E-state index contributed by atoms with van der Waals surface area (Å²) in [6, 6.07) is 15.4. The summed E-state index contributed by atoms with van der Waals surface area (Å²) in [6.45, 7) is 1.86. The highest BCUT2D eigenvalue weighted by molar-refractivity contribution is 7.89. The van der Waals surface area contributed by atoms with Gasteiger partial charge in [-0.3, -0.25) is 0 Å². The predicted molar refractivity (Wildman–Crippen MR) is 114 cm³/mol. The first-order valence-electron chi connectivity index (χ1n) is 9.81. The highest BCUT2D eigenvalue weighted by atomic mass is 32.2. The van der Waals surface area contributed by atoms with Gasteiger partial charge in [-0.15, -0.1) is 0 Å². The molecule has 1 saturated carbocycles. The van der Waals surface area contributed by atoms with Crippen LogP contribution in [0.4, 0.5) is 4.39 Å². The van der Waals surface area contributed by atoms with Gasteiger partial charge in [-0.25, -0.2) is 12.8 Å². The Balaban J connectivity index is 1.83. The Kier molecular flexibility index (Phi) is 5.42. The standard InChI is InChI=1S/C23H24FNO4S/c1-15(18-10-6-8-16-7-4-5-9-19(16)18)25(17-11-12-17)30(26,27)23-14-22(29-3)21(28-2)13-20(23)24/h4-10,13-15,17H,11-12H2,1-3H3/t15-/m1/s1. The van der Waals surface area contributed by atoms with Crippen molar-refractivity contribution in [3.05, 3.63) is 66.0 Å². The lowest BCUT2D eigenvalue weighted by atomic mass is 9.99. The third kappa shape index (κ3) is 3.52. The van der Waals surface area contributed by atoms with Crippen LogP contribution in [0, 0.1) is 5.82 Å². The van der Waals surface area contributed by atoms with Crippen molar-refractivity contribution in [1.82, 2.24) is 4.31 Å². The van der Waals surface area contributed by atoms with Crippen molar-refractivity contribution < 1.29 is 22.3 Å². The Morgan fingerprint density at radius 3 is 2.30 bits per heavy atom. The van der Waals surface area contributed by atoms with Gasteiger partial charge in [0, 0.05) is 24.2 Å². The Morgan fingerprint density at radius 2 is 1.63 bits per heavy atom. The maximum absolute atomic E-state index is 14.9. The highest BCUT2D eigenvalue weighted by Gasteiger charge is 2.43. The summed E-state index contributed by atoms with van der Waals surface area (Å²) in [6.07, 6.45) is 1.51. The summed E-state index contributed by atoms with van der Waals surface area (Å²) >= 11 is 0. The first-order chi connectivity index (χ1) is 14.4. The lowest BCUT2D eigenvalue weighted by Gasteiger charge is -2.30. The van der Waals surface area contributed by atoms with Crippen LogP contribution in [0.25, 0.3) is 10.8 Å². The van der Waals surface area contributed by atoms with Gasteiger partial charge in [-0.1, -0.05) is 42.5 Å². The zero-order valence-corrected chi connectivity index (χ0v) is 17.9. The second-order valence-corrected chi connectivity index (χ2v) is 9.26. The summed E-state index contributed by atoms with van der Waals surface area (Å²) in [5.41, 5.74) is 0.893. The summed E-state index contributed by atoms with van der Waals surface area (Å²) in [5.74, 6) is -0.538. The Morgan fingerprint density at radius 1 is 1.00 bits per heavy atom. The summed E-state index contributed by atoms with van der Waals surface area (Å²) in [7, 11) is -1.35. The van der Waals surface area contributed by atoms with Crippen LogP contribution in [0.15, 0.2) is 59.5 Å². The third-order valence-corrected chi connectivity index (χ3v) is 7.59. The lowest BCUT2D eigenvalue weighted by Crippen LogP contribution is -2.36. The van der Waals surface area contributed by atoms with Crippen molar-refractivity contribution in [2.24, 2.45) is 0 Å². The fourth-order valence-electron chi connectivity index (χ4n) is 3.95. The van der Waals surface area contributed by atoms with Crippen LogP contribution in [0.2, 0.25) is 0 Å². The number of hydrogen-bond acceptors (Lipinski definition) is 4. The van der Waals surface area contributed by atoms with E-state index in [0.29, 0.717) is 0 Å². The molecule has 0 amide bonds. The number of rotatable bonds is 7. The molecule has 0 unspecified atom stereocenters. The van der Waals surface area contributed by atoms with Gasteiger partial charge in [-0.2, -0.15) is 4.31 Å². The molecule has 3 aromatic carbocycles. The molecule has 158 valence electrons. The Labute approximate surface area is 176 Å². The average molecular weight is 430 g/mol. The summed E-state index contributed by atoms with van der Waals surface area (Å²) in [4.78, 5) is -0.404. The molecule has 5 nitrogen and oxygen atoms in total. The molecule has 30 heavy (non-hydrogen) atoms. The largest absolute Gasteiger partial charge is 0.493 e. The molecule has 0 spiro atoms. The number of halogens is 1. The number of fused-ring (bicyclic) bond motifs is 1. The van der Waals surface area contributed by atoms with Crippen molar-refractivity contribution in [2.75, 3.05) is 14.2 Å². The van der Waals surface area contributed by atoms with E-state index >= 15 is 0 Å². The maximum Gasteiger partial charge on any atom is 0.246 e. The number of methoxy groups -OCH3 is 2. The number of hydrogen-bond donors (Lipinski definition) is 0. The first kappa shape index (κ1) is 20.6. The van der Waals surface area contributed by atoms with Crippen LogP contribution in [0.3, 0.4) is 0 Å². The van der Waals surface area contributed by atoms with Crippen LogP contribution in [-0.2, 0) is 10.0 Å². The first-order valence-corrected chi connectivity index (χ1v) is 11.2. The van der Waals surface area contributed by atoms with Crippen molar-refractivity contribution >= 4 is 20.8 Å². The molecule has 0 radical (unpaired) electrons. The van der Waals surface area contributed by atoms with Crippen molar-refractivity contribution in [2.45, 2.75) is 36.7 Å². The minimum atomic E-state index is -4.12. The van der Waals surface area contributed by atoms with Crippen LogP contribution < -0.4 is 9.47 Å². The Bertz CT molecular complexity index is 1190. The molecule has 1 aliphatic carbocycles. The average Bonchev–Trinajstić information content (AvgIpc) is 3.57. The number of sulfonamides is 1. The molecule has 0 aliphatic heterocycles. The molecular weight excluding hydrogens is 405 g/mol. The maximum atomic E-state index is 14.9. The van der Waals surface area contributed by atoms with E-state index in [1.165, 1.54) is 24.6 Å². The molecule has 0 N–H and O–H groups in total. The molecule has 3 aromatic rings. The summed E-state index contributed by atoms with van der Waals surface area (Å²) in [5, 5.41) is 2.02. The van der Waals surface area contributed by atoms with Crippen LogP contribution >= 0.6 is 0 Å². The molecule has 0 aromatic heterocycles.